The van der Waals surface area contributed by atoms with Gasteiger partial charge in [-0.05, 0) is 20.4 Å². The first kappa shape index (κ1) is 11.1. The maximum Gasteiger partial charge on any atom is 0.235 e. The fourth-order valence-corrected chi connectivity index (χ4v) is 1.93. The molecule has 5 heteroatoms. The highest BCUT2D eigenvalue weighted by molar-refractivity contribution is 5.80. The lowest BCUT2D eigenvalue weighted by Gasteiger charge is -2.19. The molecule has 1 amide bonds. The van der Waals surface area contributed by atoms with Crippen molar-refractivity contribution in [2.24, 2.45) is 0 Å². The SMILES string of the molecule is CCN1CC(=O)N[C@@H]1c1cnn(C(C)C)c1. The van der Waals surface area contributed by atoms with Crippen LogP contribution in [0.2, 0.25) is 0 Å². The Balaban J connectivity index is 2.19. The van der Waals surface area contributed by atoms with Gasteiger partial charge >= 0.3 is 0 Å². The summed E-state index contributed by atoms with van der Waals surface area (Å²) < 4.78 is 1.91. The van der Waals surface area contributed by atoms with Gasteiger partial charge in [0.1, 0.15) is 6.17 Å². The van der Waals surface area contributed by atoms with E-state index in [2.05, 4.69) is 36.1 Å². The molecule has 1 N–H and O–H groups in total. The molecular formula is C11H18N4O. The molecule has 1 saturated heterocycles. The second-order valence-electron chi connectivity index (χ2n) is 4.38. The zero-order valence-electron chi connectivity index (χ0n) is 9.97. The highest BCUT2D eigenvalue weighted by Gasteiger charge is 2.30. The molecule has 5 nitrogen and oxygen atoms in total. The standard InChI is InChI=1S/C11H18N4O/c1-4-14-7-10(16)13-11(14)9-5-12-15(6-9)8(2)3/h5-6,8,11H,4,7H2,1-3H3,(H,13,16)/t11-/m0/s1. The van der Waals surface area contributed by atoms with Crippen molar-refractivity contribution < 1.29 is 4.79 Å². The first-order valence-electron chi connectivity index (χ1n) is 5.69. The molecule has 1 fully saturated rings. The minimum absolute atomic E-state index is 0.00926. The van der Waals surface area contributed by atoms with Crippen LogP contribution < -0.4 is 5.32 Å². The minimum atomic E-state index is -0.00926. The number of rotatable bonds is 3. The van der Waals surface area contributed by atoms with E-state index < -0.39 is 0 Å². The summed E-state index contributed by atoms with van der Waals surface area (Å²) >= 11 is 0. The maximum atomic E-state index is 11.4. The Morgan fingerprint density at radius 1 is 1.62 bits per heavy atom. The van der Waals surface area contributed by atoms with E-state index in [0.29, 0.717) is 12.6 Å². The summed E-state index contributed by atoms with van der Waals surface area (Å²) in [6, 6.07) is 0.348. The summed E-state index contributed by atoms with van der Waals surface area (Å²) in [7, 11) is 0. The van der Waals surface area contributed by atoms with Crippen molar-refractivity contribution in [3.63, 3.8) is 0 Å². The Hall–Kier alpha value is -1.36. The van der Waals surface area contributed by atoms with Crippen molar-refractivity contribution in [2.75, 3.05) is 13.1 Å². The van der Waals surface area contributed by atoms with Gasteiger partial charge in [0, 0.05) is 17.8 Å². The van der Waals surface area contributed by atoms with Crippen LogP contribution in [0.5, 0.6) is 0 Å². The monoisotopic (exact) mass is 222 g/mol. The predicted molar refractivity (Wildman–Crippen MR) is 60.7 cm³/mol. The van der Waals surface area contributed by atoms with Gasteiger partial charge in [-0.1, -0.05) is 6.92 Å². The van der Waals surface area contributed by atoms with E-state index in [-0.39, 0.29) is 12.1 Å². The molecule has 0 unspecified atom stereocenters. The summed E-state index contributed by atoms with van der Waals surface area (Å²) in [5.41, 5.74) is 1.06. The van der Waals surface area contributed by atoms with E-state index in [4.69, 9.17) is 0 Å². The molecule has 0 radical (unpaired) electrons. The predicted octanol–water partition coefficient (Wildman–Crippen LogP) is 0.914. The molecule has 2 heterocycles. The zero-order chi connectivity index (χ0) is 11.7. The average molecular weight is 222 g/mol. The van der Waals surface area contributed by atoms with Crippen molar-refractivity contribution >= 4 is 5.91 Å². The van der Waals surface area contributed by atoms with Crippen molar-refractivity contribution in [2.45, 2.75) is 33.0 Å². The van der Waals surface area contributed by atoms with Gasteiger partial charge in [-0.3, -0.25) is 14.4 Å². The molecule has 0 spiro atoms. The van der Waals surface area contributed by atoms with Crippen molar-refractivity contribution in [3.8, 4) is 0 Å². The molecule has 2 rings (SSSR count). The minimum Gasteiger partial charge on any atom is -0.335 e. The van der Waals surface area contributed by atoms with Crippen LogP contribution >= 0.6 is 0 Å². The van der Waals surface area contributed by atoms with Crippen LogP contribution in [0, 0.1) is 0 Å². The fourth-order valence-electron chi connectivity index (χ4n) is 1.93. The molecule has 0 bridgehead atoms. The summed E-state index contributed by atoms with van der Waals surface area (Å²) in [6.45, 7) is 7.56. The number of aromatic nitrogens is 2. The highest BCUT2D eigenvalue weighted by atomic mass is 16.2. The van der Waals surface area contributed by atoms with E-state index in [1.807, 2.05) is 17.1 Å². The van der Waals surface area contributed by atoms with E-state index >= 15 is 0 Å². The second kappa shape index (κ2) is 4.25. The van der Waals surface area contributed by atoms with Gasteiger partial charge in [0.15, 0.2) is 0 Å². The van der Waals surface area contributed by atoms with Crippen molar-refractivity contribution in [3.05, 3.63) is 18.0 Å². The third kappa shape index (κ3) is 1.95. The normalized spacial score (nSPS) is 21.8. The van der Waals surface area contributed by atoms with Gasteiger partial charge in [0.2, 0.25) is 5.91 Å². The van der Waals surface area contributed by atoms with Gasteiger partial charge in [-0.15, -0.1) is 0 Å². The molecule has 88 valence electrons. The largest absolute Gasteiger partial charge is 0.335 e. The smallest absolute Gasteiger partial charge is 0.235 e. The van der Waals surface area contributed by atoms with Gasteiger partial charge < -0.3 is 5.32 Å². The first-order valence-corrected chi connectivity index (χ1v) is 5.69. The molecule has 1 aromatic rings. The van der Waals surface area contributed by atoms with Crippen molar-refractivity contribution in [1.82, 2.24) is 20.0 Å². The molecule has 0 aliphatic carbocycles. The number of carbonyl (C=O) groups excluding carboxylic acids is 1. The van der Waals surface area contributed by atoms with Crippen LogP contribution in [0.4, 0.5) is 0 Å². The Morgan fingerprint density at radius 3 is 2.94 bits per heavy atom. The zero-order valence-corrected chi connectivity index (χ0v) is 9.97. The Bertz CT molecular complexity index is 385. The third-order valence-corrected chi connectivity index (χ3v) is 2.88. The number of amides is 1. The van der Waals surface area contributed by atoms with Crippen molar-refractivity contribution in [1.29, 1.82) is 0 Å². The quantitative estimate of drug-likeness (QED) is 0.827. The summed E-state index contributed by atoms with van der Waals surface area (Å²) in [5, 5.41) is 7.25. The van der Waals surface area contributed by atoms with E-state index in [1.165, 1.54) is 0 Å². The molecule has 1 aliphatic rings. The highest BCUT2D eigenvalue weighted by Crippen LogP contribution is 2.21. The number of hydrogen-bond donors (Lipinski definition) is 1. The van der Waals surface area contributed by atoms with Gasteiger partial charge in [-0.25, -0.2) is 0 Å². The number of nitrogens with zero attached hydrogens (tertiary/aromatic N) is 3. The lowest BCUT2D eigenvalue weighted by molar-refractivity contribution is -0.118. The number of hydrogen-bond acceptors (Lipinski definition) is 3. The molecule has 0 aromatic carbocycles. The molecule has 1 aromatic heterocycles. The second-order valence-corrected chi connectivity index (χ2v) is 4.38. The van der Waals surface area contributed by atoms with Gasteiger partial charge in [-0.2, -0.15) is 5.10 Å². The lowest BCUT2D eigenvalue weighted by Crippen LogP contribution is -2.27. The average Bonchev–Trinajstić information content (AvgIpc) is 2.82. The van der Waals surface area contributed by atoms with Gasteiger partial charge in [0.05, 0.1) is 12.7 Å². The van der Waals surface area contributed by atoms with Crippen LogP contribution in [0.25, 0.3) is 0 Å². The summed E-state index contributed by atoms with van der Waals surface area (Å²) in [6.07, 6.45) is 3.83. The molecule has 1 atom stereocenters. The third-order valence-electron chi connectivity index (χ3n) is 2.88. The van der Waals surface area contributed by atoms with Crippen LogP contribution in [-0.2, 0) is 4.79 Å². The van der Waals surface area contributed by atoms with Crippen LogP contribution in [0.15, 0.2) is 12.4 Å². The Morgan fingerprint density at radius 2 is 2.38 bits per heavy atom. The van der Waals surface area contributed by atoms with Crippen LogP contribution in [0.3, 0.4) is 0 Å². The summed E-state index contributed by atoms with van der Waals surface area (Å²) in [4.78, 5) is 13.5. The van der Waals surface area contributed by atoms with Crippen LogP contribution in [-0.4, -0.2) is 33.7 Å². The molecule has 16 heavy (non-hydrogen) atoms. The van der Waals surface area contributed by atoms with Crippen LogP contribution in [0.1, 0.15) is 38.5 Å². The van der Waals surface area contributed by atoms with E-state index in [1.54, 1.807) is 0 Å². The van der Waals surface area contributed by atoms with Gasteiger partial charge in [0.25, 0.3) is 0 Å². The molecule has 0 saturated carbocycles. The first-order chi connectivity index (χ1) is 7.61. The Kier molecular flexibility index (Phi) is 2.96. The maximum absolute atomic E-state index is 11.4. The Labute approximate surface area is 95.4 Å². The number of nitrogens with one attached hydrogen (secondary N) is 1. The fraction of sp³-hybridized carbons (Fsp3) is 0.636. The lowest BCUT2D eigenvalue weighted by atomic mass is 10.2. The molecule has 1 aliphatic heterocycles. The molecular weight excluding hydrogens is 204 g/mol. The number of likely N-dealkylation sites (N-methyl/N-ethyl adjacent to an activating group) is 1. The summed E-state index contributed by atoms with van der Waals surface area (Å²) in [5.74, 6) is 0.0872. The van der Waals surface area contributed by atoms with E-state index in [9.17, 15) is 4.79 Å². The number of carbonyl (C=O) groups is 1. The van der Waals surface area contributed by atoms with E-state index in [0.717, 1.165) is 12.1 Å². The topological polar surface area (TPSA) is 50.2 Å².